The highest BCUT2D eigenvalue weighted by Gasteiger charge is 2.12. The minimum atomic E-state index is -0.446. The summed E-state index contributed by atoms with van der Waals surface area (Å²) in [7, 11) is 1.29. The molecule has 0 aliphatic heterocycles. The molecule has 1 N–H and O–H groups in total. The first kappa shape index (κ1) is 15.4. The van der Waals surface area contributed by atoms with Crippen molar-refractivity contribution in [1.82, 2.24) is 25.5 Å². The summed E-state index contributed by atoms with van der Waals surface area (Å²) < 4.78 is 5.82. The van der Waals surface area contributed by atoms with E-state index in [1.54, 1.807) is 0 Å². The second-order valence-corrected chi connectivity index (χ2v) is 5.12. The number of tetrazole rings is 1. The van der Waals surface area contributed by atoms with E-state index in [0.29, 0.717) is 17.6 Å². The van der Waals surface area contributed by atoms with Crippen LogP contribution in [0.5, 0.6) is 0 Å². The van der Waals surface area contributed by atoms with Gasteiger partial charge in [0.15, 0.2) is 0 Å². The van der Waals surface area contributed by atoms with Gasteiger partial charge in [-0.25, -0.2) is 4.68 Å². The average molecular weight is 287 g/mol. The van der Waals surface area contributed by atoms with E-state index in [1.807, 2.05) is 13.8 Å². The molecule has 0 spiro atoms. The topological polar surface area (TPSA) is 99.0 Å². The predicted octanol–water partition coefficient (Wildman–Crippen LogP) is -0.290. The highest BCUT2D eigenvalue weighted by atomic mass is 32.2. The van der Waals surface area contributed by atoms with Crippen LogP contribution in [0, 0.1) is 5.92 Å². The van der Waals surface area contributed by atoms with Crippen LogP contribution in [0.1, 0.15) is 13.8 Å². The SMILES string of the molecule is COC(=O)Cn1nnnc1SCC(=O)NCC(C)C. The fourth-order valence-electron chi connectivity index (χ4n) is 1.08. The minimum absolute atomic E-state index is 0.0700. The standard InChI is InChI=1S/C10H17N5O3S/c1-7(2)4-11-8(16)6-19-10-12-13-14-15(10)5-9(17)18-3/h7H,4-6H2,1-3H3,(H,11,16). The van der Waals surface area contributed by atoms with Crippen molar-refractivity contribution in [2.45, 2.75) is 25.5 Å². The molecule has 0 aromatic carbocycles. The molecule has 8 nitrogen and oxygen atoms in total. The van der Waals surface area contributed by atoms with Gasteiger partial charge in [-0.1, -0.05) is 25.6 Å². The van der Waals surface area contributed by atoms with Crippen molar-refractivity contribution >= 4 is 23.6 Å². The Balaban J connectivity index is 2.43. The van der Waals surface area contributed by atoms with Crippen molar-refractivity contribution in [1.29, 1.82) is 0 Å². The van der Waals surface area contributed by atoms with Crippen LogP contribution in [0.25, 0.3) is 0 Å². The number of hydrogen-bond donors (Lipinski definition) is 1. The first-order valence-corrected chi connectivity index (χ1v) is 6.74. The maximum absolute atomic E-state index is 11.5. The highest BCUT2D eigenvalue weighted by Crippen LogP contribution is 2.12. The Morgan fingerprint density at radius 2 is 2.21 bits per heavy atom. The summed E-state index contributed by atoms with van der Waals surface area (Å²) in [4.78, 5) is 22.7. The number of esters is 1. The van der Waals surface area contributed by atoms with Gasteiger partial charge in [-0.2, -0.15) is 0 Å². The number of methoxy groups -OCH3 is 1. The van der Waals surface area contributed by atoms with E-state index in [0.717, 1.165) is 0 Å². The molecule has 1 rings (SSSR count). The van der Waals surface area contributed by atoms with Crippen LogP contribution in [0.2, 0.25) is 0 Å². The Hall–Kier alpha value is -1.64. The molecule has 106 valence electrons. The van der Waals surface area contributed by atoms with Crippen LogP contribution in [0.3, 0.4) is 0 Å². The van der Waals surface area contributed by atoms with Crippen LogP contribution in [-0.2, 0) is 20.9 Å². The molecule has 0 radical (unpaired) electrons. The Morgan fingerprint density at radius 1 is 1.47 bits per heavy atom. The lowest BCUT2D eigenvalue weighted by Gasteiger charge is -2.07. The molecule has 0 saturated heterocycles. The minimum Gasteiger partial charge on any atom is -0.468 e. The van der Waals surface area contributed by atoms with E-state index in [4.69, 9.17) is 0 Å². The van der Waals surface area contributed by atoms with Gasteiger partial charge in [0.25, 0.3) is 0 Å². The first-order chi connectivity index (χ1) is 9.02. The van der Waals surface area contributed by atoms with E-state index < -0.39 is 5.97 Å². The normalized spacial score (nSPS) is 10.5. The molecule has 0 fully saturated rings. The van der Waals surface area contributed by atoms with Crippen LogP contribution < -0.4 is 5.32 Å². The molecule has 0 atom stereocenters. The van der Waals surface area contributed by atoms with Gasteiger partial charge in [0.1, 0.15) is 6.54 Å². The Bertz CT molecular complexity index is 435. The van der Waals surface area contributed by atoms with Gasteiger partial charge in [-0.05, 0) is 16.3 Å². The molecular weight excluding hydrogens is 270 g/mol. The largest absolute Gasteiger partial charge is 0.468 e. The number of nitrogens with zero attached hydrogens (tertiary/aromatic N) is 4. The molecule has 0 bridgehead atoms. The number of hydrogen-bond acceptors (Lipinski definition) is 7. The quantitative estimate of drug-likeness (QED) is 0.543. The number of rotatable bonds is 7. The summed E-state index contributed by atoms with van der Waals surface area (Å²) in [6.45, 7) is 4.60. The Labute approximate surface area is 115 Å². The van der Waals surface area contributed by atoms with E-state index in [-0.39, 0.29) is 18.2 Å². The summed E-state index contributed by atoms with van der Waals surface area (Å²) in [6.07, 6.45) is 0. The van der Waals surface area contributed by atoms with E-state index in [1.165, 1.54) is 23.6 Å². The lowest BCUT2D eigenvalue weighted by atomic mass is 10.2. The maximum atomic E-state index is 11.5. The molecule has 1 amide bonds. The second kappa shape index (κ2) is 7.72. The van der Waals surface area contributed by atoms with Crippen LogP contribution in [0.4, 0.5) is 0 Å². The number of carbonyl (C=O) groups is 2. The van der Waals surface area contributed by atoms with Gasteiger partial charge >= 0.3 is 5.97 Å². The molecule has 0 saturated carbocycles. The third-order valence-corrected chi connectivity index (χ3v) is 3.00. The maximum Gasteiger partial charge on any atom is 0.327 e. The predicted molar refractivity (Wildman–Crippen MR) is 68.4 cm³/mol. The first-order valence-electron chi connectivity index (χ1n) is 5.75. The molecule has 1 aromatic rings. The monoisotopic (exact) mass is 287 g/mol. The van der Waals surface area contributed by atoms with Crippen molar-refractivity contribution in [2.75, 3.05) is 19.4 Å². The summed E-state index contributed by atoms with van der Waals surface area (Å²) in [5, 5.41) is 14.1. The van der Waals surface area contributed by atoms with Crippen molar-refractivity contribution in [2.24, 2.45) is 5.92 Å². The van der Waals surface area contributed by atoms with Crippen molar-refractivity contribution in [3.8, 4) is 0 Å². The number of amides is 1. The van der Waals surface area contributed by atoms with Gasteiger partial charge in [0, 0.05) is 6.54 Å². The number of thioether (sulfide) groups is 1. The molecular formula is C10H17N5O3S. The van der Waals surface area contributed by atoms with Crippen LogP contribution in [0.15, 0.2) is 5.16 Å². The van der Waals surface area contributed by atoms with Gasteiger partial charge < -0.3 is 10.1 Å². The fourth-order valence-corrected chi connectivity index (χ4v) is 1.79. The van der Waals surface area contributed by atoms with Crippen molar-refractivity contribution < 1.29 is 14.3 Å². The summed E-state index contributed by atoms with van der Waals surface area (Å²) in [6, 6.07) is 0. The van der Waals surface area contributed by atoms with Gasteiger partial charge in [-0.15, -0.1) is 5.10 Å². The van der Waals surface area contributed by atoms with Crippen LogP contribution >= 0.6 is 11.8 Å². The zero-order chi connectivity index (χ0) is 14.3. The molecule has 0 unspecified atom stereocenters. The summed E-state index contributed by atoms with van der Waals surface area (Å²) in [5.41, 5.74) is 0. The Morgan fingerprint density at radius 3 is 2.84 bits per heavy atom. The van der Waals surface area contributed by atoms with Crippen molar-refractivity contribution in [3.05, 3.63) is 0 Å². The fraction of sp³-hybridized carbons (Fsp3) is 0.700. The number of carbonyl (C=O) groups excluding carboxylic acids is 2. The lowest BCUT2D eigenvalue weighted by Crippen LogP contribution is -2.29. The van der Waals surface area contributed by atoms with E-state index in [9.17, 15) is 9.59 Å². The molecule has 1 aromatic heterocycles. The van der Waals surface area contributed by atoms with E-state index in [2.05, 4.69) is 25.6 Å². The number of nitrogens with one attached hydrogen (secondary N) is 1. The summed E-state index contributed by atoms with van der Waals surface area (Å²) in [5.74, 6) is 0.0668. The lowest BCUT2D eigenvalue weighted by molar-refractivity contribution is -0.141. The number of ether oxygens (including phenoxy) is 1. The van der Waals surface area contributed by atoms with Gasteiger partial charge in [0.05, 0.1) is 12.9 Å². The van der Waals surface area contributed by atoms with Gasteiger partial charge in [0.2, 0.25) is 11.1 Å². The van der Waals surface area contributed by atoms with Gasteiger partial charge in [-0.3, -0.25) is 9.59 Å². The third kappa shape index (κ3) is 5.69. The Kier molecular flexibility index (Phi) is 6.26. The van der Waals surface area contributed by atoms with Crippen molar-refractivity contribution in [3.63, 3.8) is 0 Å². The second-order valence-electron chi connectivity index (χ2n) is 4.18. The zero-order valence-corrected chi connectivity index (χ0v) is 11.9. The summed E-state index contributed by atoms with van der Waals surface area (Å²) >= 11 is 1.17. The smallest absolute Gasteiger partial charge is 0.327 e. The molecule has 9 heteroatoms. The highest BCUT2D eigenvalue weighted by molar-refractivity contribution is 7.99. The zero-order valence-electron chi connectivity index (χ0n) is 11.1. The van der Waals surface area contributed by atoms with E-state index >= 15 is 0 Å². The number of aromatic nitrogens is 4. The van der Waals surface area contributed by atoms with Crippen LogP contribution in [-0.4, -0.2) is 51.5 Å². The third-order valence-electron chi connectivity index (χ3n) is 2.05. The average Bonchev–Trinajstić information content (AvgIpc) is 2.81. The molecule has 0 aliphatic rings. The molecule has 1 heterocycles. The molecule has 0 aliphatic carbocycles. The molecule has 19 heavy (non-hydrogen) atoms.